The van der Waals surface area contributed by atoms with Crippen molar-refractivity contribution in [1.29, 1.82) is 0 Å². The first-order valence-electron chi connectivity index (χ1n) is 9.16. The molecule has 0 bridgehead atoms. The standard InChI is InChI=1S/C19H25F4N3O4/c1-7-30-16(27)13-8-9-15(24-25-26(11(2)3)12(4)5)14(10-13)18(20,17(28)29-6)19(21,22)23/h8-12H,7H2,1-6H3. The molecule has 0 saturated heterocycles. The van der Waals surface area contributed by atoms with Gasteiger partial charge in [0, 0.05) is 17.6 Å². The third-order valence-electron chi connectivity index (χ3n) is 4.05. The zero-order chi connectivity index (χ0) is 23.3. The van der Waals surface area contributed by atoms with Crippen LogP contribution in [0.3, 0.4) is 0 Å². The fourth-order valence-electron chi connectivity index (χ4n) is 2.66. The topological polar surface area (TPSA) is 80.6 Å². The molecular formula is C19H25F4N3O4. The van der Waals surface area contributed by atoms with Crippen molar-refractivity contribution in [2.24, 2.45) is 10.3 Å². The zero-order valence-electron chi connectivity index (χ0n) is 17.6. The lowest BCUT2D eigenvalue weighted by Crippen LogP contribution is -2.46. The summed E-state index contributed by atoms with van der Waals surface area (Å²) in [6.45, 7) is 8.59. The van der Waals surface area contributed by atoms with Crippen molar-refractivity contribution in [2.75, 3.05) is 13.7 Å². The Bertz CT molecular complexity index is 788. The summed E-state index contributed by atoms with van der Waals surface area (Å²) in [6.07, 6.45) is -5.69. The summed E-state index contributed by atoms with van der Waals surface area (Å²) in [4.78, 5) is 23.8. The third kappa shape index (κ3) is 5.25. The Kier molecular flexibility index (Phi) is 8.32. The highest BCUT2D eigenvalue weighted by atomic mass is 19.4. The third-order valence-corrected chi connectivity index (χ3v) is 4.05. The van der Waals surface area contributed by atoms with E-state index in [2.05, 4.69) is 15.1 Å². The van der Waals surface area contributed by atoms with Gasteiger partial charge >= 0.3 is 23.8 Å². The van der Waals surface area contributed by atoms with Crippen molar-refractivity contribution in [1.82, 2.24) is 5.01 Å². The van der Waals surface area contributed by atoms with Crippen LogP contribution in [0.15, 0.2) is 28.5 Å². The normalized spacial score (nSPS) is 14.1. The van der Waals surface area contributed by atoms with Crippen molar-refractivity contribution in [2.45, 2.75) is 58.5 Å². The van der Waals surface area contributed by atoms with Gasteiger partial charge in [0.15, 0.2) is 0 Å². The molecule has 0 saturated carbocycles. The van der Waals surface area contributed by atoms with E-state index in [1.165, 1.54) is 11.9 Å². The number of nitrogens with zero attached hydrogens (tertiary/aromatic N) is 3. The lowest BCUT2D eigenvalue weighted by atomic mass is 9.91. The Morgan fingerprint density at radius 1 is 1.10 bits per heavy atom. The molecule has 0 N–H and O–H groups in total. The van der Waals surface area contributed by atoms with Crippen molar-refractivity contribution in [3.63, 3.8) is 0 Å². The van der Waals surface area contributed by atoms with Gasteiger partial charge in [-0.3, -0.25) is 5.01 Å². The average molecular weight is 435 g/mol. The van der Waals surface area contributed by atoms with Crippen LogP contribution in [-0.2, 0) is 19.9 Å². The molecule has 1 aromatic rings. The number of alkyl halides is 4. The molecule has 0 radical (unpaired) electrons. The number of ether oxygens (including phenoxy) is 2. The molecule has 1 aromatic carbocycles. The first kappa shape index (κ1) is 25.3. The summed E-state index contributed by atoms with van der Waals surface area (Å²) in [5, 5.41) is 9.12. The van der Waals surface area contributed by atoms with E-state index in [1.54, 1.807) is 27.7 Å². The van der Waals surface area contributed by atoms with Gasteiger partial charge in [0.05, 0.1) is 25.0 Å². The van der Waals surface area contributed by atoms with Crippen molar-refractivity contribution < 1.29 is 36.6 Å². The highest BCUT2D eigenvalue weighted by Gasteiger charge is 2.65. The number of carbonyl (C=O) groups excluding carboxylic acids is 2. The predicted molar refractivity (Wildman–Crippen MR) is 99.9 cm³/mol. The van der Waals surface area contributed by atoms with Gasteiger partial charge in [0.25, 0.3) is 0 Å². The molecule has 1 atom stereocenters. The molecule has 0 aliphatic rings. The number of esters is 2. The molecule has 0 aliphatic heterocycles. The molecule has 0 amide bonds. The summed E-state index contributed by atoms with van der Waals surface area (Å²) < 4.78 is 65.1. The molecular weight excluding hydrogens is 410 g/mol. The quantitative estimate of drug-likeness (QED) is 0.252. The van der Waals surface area contributed by atoms with Crippen LogP contribution in [0.25, 0.3) is 0 Å². The number of hydrogen-bond donors (Lipinski definition) is 0. The Balaban J connectivity index is 3.74. The molecule has 0 heterocycles. The second kappa shape index (κ2) is 9.86. The van der Waals surface area contributed by atoms with Crippen LogP contribution >= 0.6 is 0 Å². The maximum absolute atomic E-state index is 15.3. The van der Waals surface area contributed by atoms with Crippen LogP contribution in [0.4, 0.5) is 23.2 Å². The van der Waals surface area contributed by atoms with E-state index < -0.39 is 35.0 Å². The van der Waals surface area contributed by atoms with E-state index in [4.69, 9.17) is 4.74 Å². The van der Waals surface area contributed by atoms with Gasteiger partial charge in [0.2, 0.25) is 0 Å². The highest BCUT2D eigenvalue weighted by Crippen LogP contribution is 2.47. The van der Waals surface area contributed by atoms with Gasteiger partial charge in [-0.2, -0.15) is 13.2 Å². The minimum absolute atomic E-state index is 0.0512. The van der Waals surface area contributed by atoms with E-state index in [0.717, 1.165) is 12.1 Å². The predicted octanol–water partition coefficient (Wildman–Crippen LogP) is 4.88. The van der Waals surface area contributed by atoms with E-state index in [0.29, 0.717) is 13.2 Å². The largest absolute Gasteiger partial charge is 0.466 e. The monoisotopic (exact) mass is 435 g/mol. The minimum Gasteiger partial charge on any atom is -0.466 e. The van der Waals surface area contributed by atoms with Crippen LogP contribution in [0, 0.1) is 0 Å². The Morgan fingerprint density at radius 3 is 2.10 bits per heavy atom. The van der Waals surface area contributed by atoms with Crippen molar-refractivity contribution in [3.05, 3.63) is 29.3 Å². The van der Waals surface area contributed by atoms with Gasteiger partial charge in [-0.15, -0.1) is 5.11 Å². The summed E-state index contributed by atoms with van der Waals surface area (Å²) in [5.74, 6) is -3.18. The molecule has 30 heavy (non-hydrogen) atoms. The molecule has 0 fully saturated rings. The molecule has 11 heteroatoms. The molecule has 7 nitrogen and oxygen atoms in total. The number of carbonyl (C=O) groups is 2. The van der Waals surface area contributed by atoms with Crippen LogP contribution < -0.4 is 0 Å². The second-order valence-electron chi connectivity index (χ2n) is 6.86. The van der Waals surface area contributed by atoms with Gasteiger partial charge in [-0.1, -0.05) is 5.22 Å². The van der Waals surface area contributed by atoms with E-state index in [1.807, 2.05) is 0 Å². The Hall–Kier alpha value is -2.72. The average Bonchev–Trinajstić information content (AvgIpc) is 2.65. The maximum atomic E-state index is 15.3. The SMILES string of the molecule is CCOC(=O)c1ccc(N=NN(C(C)C)C(C)C)c(C(F)(C(=O)OC)C(F)(F)F)c1. The Labute approximate surface area is 172 Å². The number of methoxy groups -OCH3 is 1. The lowest BCUT2D eigenvalue weighted by molar-refractivity contribution is -0.242. The van der Waals surface area contributed by atoms with E-state index in [9.17, 15) is 22.8 Å². The van der Waals surface area contributed by atoms with Crippen LogP contribution in [0.1, 0.15) is 50.5 Å². The smallest absolute Gasteiger partial charge is 0.438 e. The summed E-state index contributed by atoms with van der Waals surface area (Å²) in [5.41, 5.74) is -6.76. The number of halogens is 4. The highest BCUT2D eigenvalue weighted by molar-refractivity contribution is 5.92. The molecule has 0 spiro atoms. The first-order chi connectivity index (χ1) is 13.8. The number of benzene rings is 1. The van der Waals surface area contributed by atoms with E-state index in [-0.39, 0.29) is 24.3 Å². The fourth-order valence-corrected chi connectivity index (χ4v) is 2.66. The van der Waals surface area contributed by atoms with E-state index >= 15 is 4.39 Å². The zero-order valence-corrected chi connectivity index (χ0v) is 17.6. The van der Waals surface area contributed by atoms with Crippen molar-refractivity contribution in [3.8, 4) is 0 Å². The van der Waals surface area contributed by atoms with Gasteiger partial charge in [-0.25, -0.2) is 14.0 Å². The van der Waals surface area contributed by atoms with Gasteiger partial charge < -0.3 is 9.47 Å². The minimum atomic E-state index is -5.69. The van der Waals surface area contributed by atoms with Gasteiger partial charge in [0.1, 0.15) is 0 Å². The molecule has 0 aliphatic carbocycles. The fraction of sp³-hybridized carbons (Fsp3) is 0.579. The van der Waals surface area contributed by atoms with Gasteiger partial charge in [-0.05, 0) is 52.8 Å². The molecule has 168 valence electrons. The van der Waals surface area contributed by atoms with Crippen LogP contribution in [-0.4, -0.2) is 48.9 Å². The Morgan fingerprint density at radius 2 is 1.67 bits per heavy atom. The molecule has 0 aromatic heterocycles. The summed E-state index contributed by atoms with van der Waals surface area (Å²) in [6, 6.07) is 2.33. The second-order valence-corrected chi connectivity index (χ2v) is 6.86. The van der Waals surface area contributed by atoms with Crippen LogP contribution in [0.2, 0.25) is 0 Å². The summed E-state index contributed by atoms with van der Waals surface area (Å²) >= 11 is 0. The lowest BCUT2D eigenvalue weighted by Gasteiger charge is -2.28. The first-order valence-corrected chi connectivity index (χ1v) is 9.16. The van der Waals surface area contributed by atoms with Crippen LogP contribution in [0.5, 0.6) is 0 Å². The number of rotatable bonds is 8. The molecule has 1 rings (SSSR count). The maximum Gasteiger partial charge on any atom is 0.438 e. The number of hydrogen-bond acceptors (Lipinski definition) is 6. The molecule has 1 unspecified atom stereocenters. The van der Waals surface area contributed by atoms with Crippen molar-refractivity contribution >= 4 is 17.6 Å². The summed E-state index contributed by atoms with van der Waals surface area (Å²) in [7, 11) is 0.623.